The smallest absolute Gasteiger partial charge is 0.265 e. The van der Waals surface area contributed by atoms with Gasteiger partial charge in [-0.1, -0.05) is 23.2 Å². The number of methoxy groups -OCH3 is 1. The molecule has 1 fully saturated rings. The molecule has 0 bridgehead atoms. The van der Waals surface area contributed by atoms with E-state index < -0.39 is 11.7 Å². The summed E-state index contributed by atoms with van der Waals surface area (Å²) in [7, 11) is 1.46. The van der Waals surface area contributed by atoms with Crippen molar-refractivity contribution >= 4 is 34.6 Å². The Hall–Kier alpha value is -3.58. The summed E-state index contributed by atoms with van der Waals surface area (Å²) in [5, 5.41) is 18.3. The zero-order valence-corrected chi connectivity index (χ0v) is 21.2. The van der Waals surface area contributed by atoms with Crippen LogP contribution in [0.3, 0.4) is 0 Å². The number of H-pyrrole nitrogens is 1. The number of anilines is 1. The molecule has 11 heteroatoms. The van der Waals surface area contributed by atoms with Crippen LogP contribution in [0.5, 0.6) is 11.5 Å². The minimum atomic E-state index is -0.569. The Balaban J connectivity index is 0.000000642. The Morgan fingerprint density at radius 2 is 1.89 bits per heavy atom. The fourth-order valence-electron chi connectivity index (χ4n) is 3.48. The van der Waals surface area contributed by atoms with Crippen molar-refractivity contribution in [2.75, 3.05) is 26.1 Å². The molecule has 4 N–H and O–H groups in total. The quantitative estimate of drug-likeness (QED) is 0.304. The van der Waals surface area contributed by atoms with Gasteiger partial charge in [0.15, 0.2) is 11.5 Å². The van der Waals surface area contributed by atoms with Crippen LogP contribution in [0.4, 0.5) is 5.69 Å². The monoisotopic (exact) mass is 529 g/mol. The van der Waals surface area contributed by atoms with Crippen molar-refractivity contribution in [2.24, 2.45) is 0 Å². The molecular weight excluding hydrogens is 505 g/mol. The van der Waals surface area contributed by atoms with Gasteiger partial charge in [0.1, 0.15) is 17.7 Å². The molecule has 1 atom stereocenters. The Morgan fingerprint density at radius 3 is 2.44 bits per heavy atom. The number of benzene rings is 1. The molecule has 3 aromatic rings. The Bertz CT molecular complexity index is 1320. The minimum absolute atomic E-state index is 0.00891. The van der Waals surface area contributed by atoms with Crippen LogP contribution in [0.2, 0.25) is 10.0 Å². The first-order valence-corrected chi connectivity index (χ1v) is 11.7. The number of nitrogens with one attached hydrogen (secondary N) is 2. The highest BCUT2D eigenvalue weighted by Gasteiger charge is 2.20. The lowest BCUT2D eigenvalue weighted by Crippen LogP contribution is -2.14. The first kappa shape index (κ1) is 27.0. The highest BCUT2D eigenvalue weighted by molar-refractivity contribution is 6.35. The van der Waals surface area contributed by atoms with Gasteiger partial charge in [0.2, 0.25) is 0 Å². The lowest BCUT2D eigenvalue weighted by atomic mass is 10.0. The molecule has 2 aromatic heterocycles. The highest BCUT2D eigenvalue weighted by atomic mass is 35.5. The summed E-state index contributed by atoms with van der Waals surface area (Å²) in [6, 6.07) is 6.19. The summed E-state index contributed by atoms with van der Waals surface area (Å²) >= 11 is 12.4. The van der Waals surface area contributed by atoms with Crippen LogP contribution < -0.4 is 20.8 Å². The lowest BCUT2D eigenvalue weighted by Gasteiger charge is -2.20. The number of nitrogens with two attached hydrogens (primary N) is 1. The maximum absolute atomic E-state index is 11.6. The van der Waals surface area contributed by atoms with E-state index in [1.807, 2.05) is 0 Å². The average molecular weight is 530 g/mol. The number of ether oxygens (including phenoxy) is 3. The van der Waals surface area contributed by atoms with Crippen molar-refractivity contribution < 1.29 is 14.2 Å². The number of aromatic amines is 1. The molecule has 36 heavy (non-hydrogen) atoms. The molecule has 0 aliphatic carbocycles. The number of halogens is 2. The second kappa shape index (κ2) is 12.4. The first-order valence-electron chi connectivity index (χ1n) is 11.0. The fourth-order valence-corrected chi connectivity index (χ4v) is 4.15. The van der Waals surface area contributed by atoms with Crippen molar-refractivity contribution in [2.45, 2.75) is 25.9 Å². The largest absolute Gasteiger partial charge is 0.493 e. The van der Waals surface area contributed by atoms with Gasteiger partial charge in [0, 0.05) is 60.2 Å². The van der Waals surface area contributed by atoms with Gasteiger partial charge in [0.25, 0.3) is 5.56 Å². The van der Waals surface area contributed by atoms with Crippen LogP contribution in [0.25, 0.3) is 0 Å². The van der Waals surface area contributed by atoms with Crippen LogP contribution in [-0.4, -0.2) is 36.0 Å². The summed E-state index contributed by atoms with van der Waals surface area (Å²) < 4.78 is 16.4. The number of aromatic nitrogens is 2. The molecule has 3 heterocycles. The third kappa shape index (κ3) is 6.34. The molecule has 0 saturated carbocycles. The van der Waals surface area contributed by atoms with E-state index in [1.54, 1.807) is 19.1 Å². The number of hydrogen-bond acceptors (Lipinski definition) is 8. The van der Waals surface area contributed by atoms with Crippen molar-refractivity contribution in [1.82, 2.24) is 9.97 Å². The highest BCUT2D eigenvalue weighted by Crippen LogP contribution is 2.38. The summed E-state index contributed by atoms with van der Waals surface area (Å²) in [6.07, 6.45) is 6.26. The van der Waals surface area contributed by atoms with E-state index in [0.717, 1.165) is 13.2 Å². The molecule has 0 unspecified atom stereocenters. The van der Waals surface area contributed by atoms with E-state index in [-0.39, 0.29) is 17.0 Å². The number of pyridine rings is 2. The van der Waals surface area contributed by atoms with Crippen molar-refractivity contribution in [3.63, 3.8) is 0 Å². The number of nitrogen functional groups attached to an aromatic ring is 1. The van der Waals surface area contributed by atoms with Gasteiger partial charge in [0.05, 0.1) is 22.9 Å². The molecule has 0 radical (unpaired) electrons. The number of hydrogen-bond donors (Lipinski definition) is 3. The Kier molecular flexibility index (Phi) is 9.31. The normalized spacial score (nSPS) is 13.2. The second-order valence-electron chi connectivity index (χ2n) is 7.80. The maximum atomic E-state index is 11.6. The molecule has 1 aliphatic heterocycles. The van der Waals surface area contributed by atoms with E-state index in [0.29, 0.717) is 38.2 Å². The predicted octanol–water partition coefficient (Wildman–Crippen LogP) is 4.89. The molecule has 1 aliphatic rings. The van der Waals surface area contributed by atoms with Gasteiger partial charge in [-0.15, -0.1) is 0 Å². The number of nitrogens with zero attached hydrogens (tertiary/aromatic N) is 2. The van der Waals surface area contributed by atoms with Gasteiger partial charge < -0.3 is 24.9 Å². The lowest BCUT2D eigenvalue weighted by molar-refractivity contribution is 0.198. The third-order valence-electron chi connectivity index (χ3n) is 5.35. The Labute approximate surface area is 218 Å². The fraction of sp³-hybridized carbons (Fsp3) is 0.280. The van der Waals surface area contributed by atoms with E-state index in [9.17, 15) is 4.79 Å². The van der Waals surface area contributed by atoms with Gasteiger partial charge in [-0.2, -0.15) is 5.26 Å². The third-order valence-corrected chi connectivity index (χ3v) is 5.95. The van der Waals surface area contributed by atoms with Gasteiger partial charge in [-0.3, -0.25) is 15.2 Å². The van der Waals surface area contributed by atoms with Crippen molar-refractivity contribution in [1.29, 1.82) is 10.7 Å². The number of rotatable bonds is 6. The zero-order chi connectivity index (χ0) is 26.2. The maximum Gasteiger partial charge on any atom is 0.265 e. The summed E-state index contributed by atoms with van der Waals surface area (Å²) in [5.74, 6) is 0.652. The SMILES string of the molecule is C1CCOC1.COc1cc(N)c(C(=N)c2c[nH]c(=O)c(C#N)c2)cc1O[C@H](C)c1c(Cl)cncc1Cl. The van der Waals surface area contributed by atoms with E-state index >= 15 is 0 Å². The molecule has 1 saturated heterocycles. The summed E-state index contributed by atoms with van der Waals surface area (Å²) in [5.41, 5.74) is 6.92. The molecule has 0 amide bonds. The van der Waals surface area contributed by atoms with Crippen LogP contribution >= 0.6 is 23.2 Å². The molecule has 0 spiro atoms. The van der Waals surface area contributed by atoms with Crippen LogP contribution in [0.15, 0.2) is 41.6 Å². The second-order valence-corrected chi connectivity index (χ2v) is 8.62. The van der Waals surface area contributed by atoms with Crippen molar-refractivity contribution in [3.8, 4) is 17.6 Å². The predicted molar refractivity (Wildman–Crippen MR) is 138 cm³/mol. The van der Waals surface area contributed by atoms with Gasteiger partial charge >= 0.3 is 0 Å². The average Bonchev–Trinajstić information content (AvgIpc) is 3.45. The van der Waals surface area contributed by atoms with E-state index in [4.69, 9.17) is 53.8 Å². The molecular formula is C25H25Cl2N5O4. The number of nitriles is 1. The van der Waals surface area contributed by atoms with Gasteiger partial charge in [-0.05, 0) is 31.9 Å². The Morgan fingerprint density at radius 1 is 1.22 bits per heavy atom. The molecule has 188 valence electrons. The van der Waals surface area contributed by atoms with Crippen LogP contribution in [0, 0.1) is 16.7 Å². The first-order chi connectivity index (χ1) is 17.3. The molecule has 4 rings (SSSR count). The topological polar surface area (TPSA) is 147 Å². The molecule has 1 aromatic carbocycles. The van der Waals surface area contributed by atoms with Crippen molar-refractivity contribution in [3.05, 3.63) is 79.4 Å². The van der Waals surface area contributed by atoms with Crippen LogP contribution in [0.1, 0.15) is 48.1 Å². The summed E-state index contributed by atoms with van der Waals surface area (Å²) in [4.78, 5) is 18.0. The van der Waals surface area contributed by atoms with E-state index in [1.165, 1.54) is 50.7 Å². The van der Waals surface area contributed by atoms with Gasteiger partial charge in [-0.25, -0.2) is 0 Å². The molecule has 9 nitrogen and oxygen atoms in total. The van der Waals surface area contributed by atoms with E-state index in [2.05, 4.69) is 9.97 Å². The van der Waals surface area contributed by atoms with Crippen LogP contribution in [-0.2, 0) is 4.74 Å². The standard InChI is InChI=1S/C21H17Cl2N5O3.C4H8O/c1-10(19-14(22)8-27-9-15(19)23)31-18-4-13(16(25)5-17(18)30-2)20(26)12-3-11(6-24)21(29)28-7-12;1-2-4-5-3-1/h3-5,7-10,26H,25H2,1-2H3,(H,28,29);1-4H2/t10-;/m1./s1. The summed E-state index contributed by atoms with van der Waals surface area (Å²) in [6.45, 7) is 3.76. The minimum Gasteiger partial charge on any atom is -0.493 e. The zero-order valence-electron chi connectivity index (χ0n) is 19.7.